The summed E-state index contributed by atoms with van der Waals surface area (Å²) in [5.41, 5.74) is 15.9. The molecule has 0 spiro atoms. The van der Waals surface area contributed by atoms with Crippen LogP contribution in [0.5, 0.6) is 0 Å². The van der Waals surface area contributed by atoms with Gasteiger partial charge in [0.05, 0.1) is 16.8 Å². The molecule has 2 aliphatic rings. The number of nitrogens with one attached hydrogen (secondary N) is 1. The first-order valence-corrected chi connectivity index (χ1v) is 17.3. The zero-order chi connectivity index (χ0) is 33.9. The molecule has 5 aromatic carbocycles. The summed E-state index contributed by atoms with van der Waals surface area (Å²) in [5, 5.41) is 3.37. The topological polar surface area (TPSA) is 24.9 Å². The summed E-state index contributed by atoms with van der Waals surface area (Å²) >= 11 is 0. The van der Waals surface area contributed by atoms with Gasteiger partial charge >= 0.3 is 0 Å². The molecule has 2 nitrogen and oxygen atoms in total. The lowest BCUT2D eigenvalue weighted by molar-refractivity contribution is 0.749. The van der Waals surface area contributed by atoms with E-state index in [0.717, 1.165) is 40.2 Å². The molecule has 2 heterocycles. The highest BCUT2D eigenvalue weighted by Crippen LogP contribution is 2.57. The van der Waals surface area contributed by atoms with E-state index in [-0.39, 0.29) is 0 Å². The van der Waals surface area contributed by atoms with Crippen molar-refractivity contribution in [1.29, 1.82) is 0 Å². The molecule has 0 amide bonds. The van der Waals surface area contributed by atoms with Gasteiger partial charge in [-0.05, 0) is 98.6 Å². The fourth-order valence-electron chi connectivity index (χ4n) is 7.58. The molecule has 1 atom stereocenters. The van der Waals surface area contributed by atoms with Crippen molar-refractivity contribution in [3.8, 4) is 44.6 Å². The van der Waals surface area contributed by atoms with E-state index in [9.17, 15) is 0 Å². The number of benzene rings is 5. The summed E-state index contributed by atoms with van der Waals surface area (Å²) in [7, 11) is 0. The first-order chi connectivity index (χ1) is 24.7. The van der Waals surface area contributed by atoms with Gasteiger partial charge in [-0.3, -0.25) is 0 Å². The van der Waals surface area contributed by atoms with E-state index in [1.165, 1.54) is 44.5 Å². The Balaban J connectivity index is 1.24. The van der Waals surface area contributed by atoms with Crippen LogP contribution in [-0.4, -0.2) is 11.5 Å². The largest absolute Gasteiger partial charge is 0.387 e. The summed E-state index contributed by atoms with van der Waals surface area (Å²) < 4.78 is 0. The second kappa shape index (κ2) is 13.3. The molecular formula is C48H38N2. The molecule has 240 valence electrons. The summed E-state index contributed by atoms with van der Waals surface area (Å²) in [5.74, 6) is 0. The smallest absolute Gasteiger partial charge is 0.0715 e. The Kier molecular flexibility index (Phi) is 8.28. The predicted molar refractivity (Wildman–Crippen MR) is 211 cm³/mol. The lowest BCUT2D eigenvalue weighted by atomic mass is 9.66. The summed E-state index contributed by atoms with van der Waals surface area (Å²) in [6, 6.07) is 50.6. The number of nitrogens with zero attached hydrogens (tertiary/aromatic N) is 1. The minimum Gasteiger partial charge on any atom is -0.387 e. The maximum atomic E-state index is 5.06. The Bertz CT molecular complexity index is 2320. The van der Waals surface area contributed by atoms with Crippen LogP contribution in [0.4, 0.5) is 0 Å². The van der Waals surface area contributed by atoms with Crippen LogP contribution >= 0.6 is 0 Å². The van der Waals surface area contributed by atoms with Gasteiger partial charge in [0.15, 0.2) is 0 Å². The van der Waals surface area contributed by atoms with E-state index in [1.807, 2.05) is 31.2 Å². The van der Waals surface area contributed by atoms with Crippen molar-refractivity contribution in [3.63, 3.8) is 0 Å². The number of hydrogen-bond donors (Lipinski definition) is 1. The van der Waals surface area contributed by atoms with E-state index in [1.54, 1.807) is 0 Å². The Morgan fingerprint density at radius 3 is 2.08 bits per heavy atom. The lowest BCUT2D eigenvalue weighted by Crippen LogP contribution is -2.31. The molecule has 0 fully saturated rings. The third kappa shape index (κ3) is 5.36. The van der Waals surface area contributed by atoms with Gasteiger partial charge < -0.3 is 5.32 Å². The number of allylic oxidation sites excluding steroid dienone is 7. The number of fused-ring (bicyclic) bond motifs is 3. The van der Waals surface area contributed by atoms with Crippen molar-refractivity contribution in [2.75, 3.05) is 6.54 Å². The number of aromatic nitrogens is 1. The molecule has 1 aliphatic carbocycles. The molecule has 2 heteroatoms. The quantitative estimate of drug-likeness (QED) is 0.167. The fraction of sp³-hybridized carbons (Fsp3) is 0.0625. The Hall–Kier alpha value is -6.25. The van der Waals surface area contributed by atoms with Crippen LogP contribution in [0.15, 0.2) is 194 Å². The van der Waals surface area contributed by atoms with Crippen LogP contribution in [0.1, 0.15) is 29.3 Å². The van der Waals surface area contributed by atoms with Crippen LogP contribution in [-0.2, 0) is 5.41 Å². The molecule has 0 radical (unpaired) electrons. The molecule has 1 N–H and O–H groups in total. The first kappa shape index (κ1) is 31.0. The molecule has 50 heavy (non-hydrogen) atoms. The second-order valence-electron chi connectivity index (χ2n) is 12.7. The van der Waals surface area contributed by atoms with E-state index >= 15 is 0 Å². The minimum atomic E-state index is -0.410. The average Bonchev–Trinajstić information content (AvgIpc) is 3.49. The molecule has 1 aliphatic heterocycles. The van der Waals surface area contributed by atoms with Crippen molar-refractivity contribution in [2.45, 2.75) is 12.3 Å². The van der Waals surface area contributed by atoms with Crippen LogP contribution in [0.2, 0.25) is 0 Å². The normalized spacial score (nSPS) is 16.4. The van der Waals surface area contributed by atoms with Gasteiger partial charge in [0.2, 0.25) is 0 Å². The Morgan fingerprint density at radius 1 is 0.680 bits per heavy atom. The maximum Gasteiger partial charge on any atom is 0.0715 e. The third-order valence-electron chi connectivity index (χ3n) is 9.94. The average molecular weight is 643 g/mol. The Labute approximate surface area is 295 Å². The van der Waals surface area contributed by atoms with Crippen LogP contribution in [0.3, 0.4) is 0 Å². The van der Waals surface area contributed by atoms with Crippen LogP contribution in [0.25, 0.3) is 50.2 Å². The molecule has 1 unspecified atom stereocenters. The minimum absolute atomic E-state index is 0.410. The summed E-state index contributed by atoms with van der Waals surface area (Å²) in [4.78, 5) is 5.06. The molecule has 8 rings (SSSR count). The summed E-state index contributed by atoms with van der Waals surface area (Å²) in [6.07, 6.45) is 14.7. The summed E-state index contributed by atoms with van der Waals surface area (Å²) in [6.45, 7) is 6.91. The third-order valence-corrected chi connectivity index (χ3v) is 9.94. The highest BCUT2D eigenvalue weighted by Gasteiger charge is 2.46. The lowest BCUT2D eigenvalue weighted by Gasteiger charge is -2.35. The van der Waals surface area contributed by atoms with Gasteiger partial charge in [-0.1, -0.05) is 158 Å². The first-order valence-electron chi connectivity index (χ1n) is 17.3. The zero-order valence-corrected chi connectivity index (χ0v) is 28.2. The standard InChI is InChI=1S/C48H38N2/c1-3-5-14-34(4-2)46-32-39(33-47(50-46)37-15-8-6-9-16-37)36-23-21-35(22-24-36)38-25-26-43-42-19-12-13-20-44(42)48(45(43)31-38,40-17-10-7-11-18-40)41-27-29-49-30-28-41/h3-29,31-33,49H,2,30H2,1H3/b5-3-,34-14+. The molecule has 0 saturated heterocycles. The maximum absolute atomic E-state index is 5.06. The van der Waals surface area contributed by atoms with Crippen molar-refractivity contribution >= 4 is 5.57 Å². The van der Waals surface area contributed by atoms with Gasteiger partial charge in [0, 0.05) is 12.1 Å². The van der Waals surface area contributed by atoms with E-state index < -0.39 is 5.41 Å². The highest BCUT2D eigenvalue weighted by atomic mass is 14.8. The molecule has 0 bridgehead atoms. The highest BCUT2D eigenvalue weighted by molar-refractivity contribution is 5.89. The number of rotatable bonds is 8. The molecule has 1 aromatic heterocycles. The van der Waals surface area contributed by atoms with Crippen molar-refractivity contribution in [3.05, 3.63) is 217 Å². The van der Waals surface area contributed by atoms with Gasteiger partial charge in [-0.2, -0.15) is 0 Å². The van der Waals surface area contributed by atoms with Crippen LogP contribution in [0, 0.1) is 0 Å². The molecule has 6 aromatic rings. The van der Waals surface area contributed by atoms with E-state index in [0.29, 0.717) is 0 Å². The number of pyridine rings is 1. The van der Waals surface area contributed by atoms with Crippen molar-refractivity contribution in [2.24, 2.45) is 0 Å². The van der Waals surface area contributed by atoms with Gasteiger partial charge in [-0.15, -0.1) is 0 Å². The van der Waals surface area contributed by atoms with Gasteiger partial charge in [0.25, 0.3) is 0 Å². The van der Waals surface area contributed by atoms with E-state index in [4.69, 9.17) is 4.98 Å². The SMILES string of the molecule is C=C/C(=C\C=C/C)c1cc(-c2ccc(-c3ccc4c(c3)C(C3=CCNC=C3)(c3ccccc3)c3ccccc3-4)cc2)cc(-c2ccccc2)n1. The van der Waals surface area contributed by atoms with Crippen molar-refractivity contribution < 1.29 is 0 Å². The van der Waals surface area contributed by atoms with Gasteiger partial charge in [0.1, 0.15) is 0 Å². The van der Waals surface area contributed by atoms with E-state index in [2.05, 4.69) is 170 Å². The number of dihydropyridines is 1. The fourth-order valence-corrected chi connectivity index (χ4v) is 7.58. The Morgan fingerprint density at radius 2 is 1.36 bits per heavy atom. The monoisotopic (exact) mass is 642 g/mol. The van der Waals surface area contributed by atoms with Crippen molar-refractivity contribution in [1.82, 2.24) is 10.3 Å². The molecule has 0 saturated carbocycles. The predicted octanol–water partition coefficient (Wildman–Crippen LogP) is 11.6. The zero-order valence-electron chi connectivity index (χ0n) is 28.2. The second-order valence-corrected chi connectivity index (χ2v) is 12.7. The van der Waals surface area contributed by atoms with Gasteiger partial charge in [-0.25, -0.2) is 4.98 Å². The molecular weight excluding hydrogens is 605 g/mol. The van der Waals surface area contributed by atoms with Crippen LogP contribution < -0.4 is 5.32 Å². The number of hydrogen-bond acceptors (Lipinski definition) is 2.